The van der Waals surface area contributed by atoms with Gasteiger partial charge in [0.1, 0.15) is 16.6 Å². The van der Waals surface area contributed by atoms with Crippen LogP contribution in [-0.2, 0) is 24.2 Å². The van der Waals surface area contributed by atoms with Gasteiger partial charge in [-0.1, -0.05) is 11.3 Å². The number of alkyl halides is 3. The smallest absolute Gasteiger partial charge is 0.406 e. The zero-order valence-electron chi connectivity index (χ0n) is 18.5. The lowest BCUT2D eigenvalue weighted by molar-refractivity contribution is -0.274. The topological polar surface area (TPSA) is 122 Å². The van der Waals surface area contributed by atoms with E-state index in [1.54, 1.807) is 12.1 Å². The largest absolute Gasteiger partial charge is 0.573 e. The third-order valence-corrected chi connectivity index (χ3v) is 5.59. The fourth-order valence-electron chi connectivity index (χ4n) is 2.98. The summed E-state index contributed by atoms with van der Waals surface area (Å²) >= 11 is 1.18. The Kier molecular flexibility index (Phi) is 9.01. The maximum Gasteiger partial charge on any atom is 0.573 e. The fourth-order valence-corrected chi connectivity index (χ4v) is 3.82. The normalized spacial score (nSPS) is 12.4. The molecule has 0 aliphatic rings. The summed E-state index contributed by atoms with van der Waals surface area (Å²) in [5, 5.41) is 32.3. The molecule has 3 rings (SSSR count). The minimum atomic E-state index is -4.89. The first-order valence-electron chi connectivity index (χ1n) is 10.5. The first-order chi connectivity index (χ1) is 16.6. The second-order valence-electron chi connectivity index (χ2n) is 7.42. The predicted octanol–water partition coefficient (Wildman–Crippen LogP) is 3.67. The maximum absolute atomic E-state index is 13.9. The number of aliphatic hydroxyl groups is 1. The average Bonchev–Trinajstić information content (AvgIpc) is 3.26. The number of ether oxygens (including phenoxy) is 1. The molecule has 1 atom stereocenters. The molecule has 9 nitrogen and oxygen atoms in total. The van der Waals surface area contributed by atoms with Gasteiger partial charge in [-0.15, -0.1) is 28.5 Å². The van der Waals surface area contributed by atoms with Gasteiger partial charge in [0.05, 0.1) is 5.69 Å². The number of carbonyl (C=O) groups is 1. The number of carbonyl (C=O) groups excluding carboxylic acids is 1. The van der Waals surface area contributed by atoms with Crippen molar-refractivity contribution in [3.05, 3.63) is 57.4 Å². The number of aromatic nitrogens is 4. The monoisotopic (exact) mass is 514 g/mol. The number of aliphatic hydroxyl groups excluding tert-OH is 1. The van der Waals surface area contributed by atoms with E-state index >= 15 is 0 Å². The maximum atomic E-state index is 13.9. The van der Waals surface area contributed by atoms with Crippen molar-refractivity contribution in [2.75, 3.05) is 5.32 Å². The molecule has 188 valence electrons. The number of benzene rings is 1. The SMILES string of the molecule is CC(=O)Nc1ccc(CCCCc2nnc(C(O)NCc3cc(OC(F)(F)F)ccc3F)s2)nn1. The van der Waals surface area contributed by atoms with Crippen LogP contribution in [0.1, 0.15) is 47.3 Å². The molecule has 35 heavy (non-hydrogen) atoms. The number of aryl methyl sites for hydroxylation is 2. The Hall–Kier alpha value is -3.23. The highest BCUT2D eigenvalue weighted by molar-refractivity contribution is 7.11. The standard InChI is InChI=1S/C21H22F4N6O3S/c1-12(32)27-17-9-6-14(28-29-17)4-2-3-5-18-30-31-20(35-18)19(33)26-11-13-10-15(7-8-16(13)22)34-21(23,24)25/h6-10,19,26,33H,2-5,11H2,1H3,(H,27,29,32). The van der Waals surface area contributed by atoms with Gasteiger partial charge < -0.3 is 15.2 Å². The molecule has 2 aromatic heterocycles. The molecular weight excluding hydrogens is 492 g/mol. The lowest BCUT2D eigenvalue weighted by Crippen LogP contribution is -2.21. The number of nitrogens with one attached hydrogen (secondary N) is 2. The molecule has 1 aromatic carbocycles. The summed E-state index contributed by atoms with van der Waals surface area (Å²) < 4.78 is 54.8. The van der Waals surface area contributed by atoms with E-state index in [4.69, 9.17) is 0 Å². The van der Waals surface area contributed by atoms with Gasteiger partial charge in [-0.2, -0.15) is 5.10 Å². The van der Waals surface area contributed by atoms with E-state index < -0.39 is 24.2 Å². The van der Waals surface area contributed by atoms with Crippen LogP contribution in [0.3, 0.4) is 0 Å². The molecule has 1 amide bonds. The molecule has 0 saturated heterocycles. The number of amides is 1. The Bertz CT molecular complexity index is 1130. The Labute approximate surface area is 201 Å². The van der Waals surface area contributed by atoms with Crippen LogP contribution >= 0.6 is 11.3 Å². The highest BCUT2D eigenvalue weighted by atomic mass is 32.1. The molecule has 0 saturated carbocycles. The van der Waals surface area contributed by atoms with Crippen molar-refractivity contribution in [2.45, 2.75) is 51.7 Å². The number of hydrogen-bond acceptors (Lipinski definition) is 9. The van der Waals surface area contributed by atoms with Gasteiger partial charge in [0.2, 0.25) is 5.91 Å². The van der Waals surface area contributed by atoms with Crippen molar-refractivity contribution in [3.8, 4) is 5.75 Å². The van der Waals surface area contributed by atoms with Crippen LogP contribution in [0.4, 0.5) is 23.4 Å². The minimum Gasteiger partial charge on any atom is -0.406 e. The van der Waals surface area contributed by atoms with E-state index in [-0.39, 0.29) is 23.0 Å². The van der Waals surface area contributed by atoms with E-state index in [0.29, 0.717) is 23.7 Å². The molecule has 3 aromatic rings. The third-order valence-electron chi connectivity index (χ3n) is 4.55. The summed E-state index contributed by atoms with van der Waals surface area (Å²) in [5.41, 5.74) is 0.678. The van der Waals surface area contributed by atoms with Crippen LogP contribution in [0.25, 0.3) is 0 Å². The Morgan fingerprint density at radius 2 is 1.89 bits per heavy atom. The van der Waals surface area contributed by atoms with Gasteiger partial charge in [-0.05, 0) is 49.6 Å². The van der Waals surface area contributed by atoms with Crippen LogP contribution in [0.15, 0.2) is 30.3 Å². The summed E-state index contributed by atoms with van der Waals surface area (Å²) in [5.74, 6) is -1.13. The molecule has 0 fully saturated rings. The number of unbranched alkanes of at least 4 members (excludes halogenated alkanes) is 1. The predicted molar refractivity (Wildman–Crippen MR) is 118 cm³/mol. The highest BCUT2D eigenvalue weighted by Crippen LogP contribution is 2.25. The van der Waals surface area contributed by atoms with Crippen LogP contribution in [0.5, 0.6) is 5.75 Å². The summed E-state index contributed by atoms with van der Waals surface area (Å²) in [6.45, 7) is 1.14. The summed E-state index contributed by atoms with van der Waals surface area (Å²) in [6.07, 6.45) is -3.27. The van der Waals surface area contributed by atoms with Crippen molar-refractivity contribution in [1.29, 1.82) is 0 Å². The molecule has 0 spiro atoms. The van der Waals surface area contributed by atoms with E-state index in [9.17, 15) is 27.5 Å². The van der Waals surface area contributed by atoms with Crippen LogP contribution in [0, 0.1) is 5.82 Å². The number of anilines is 1. The molecule has 3 N–H and O–H groups in total. The van der Waals surface area contributed by atoms with E-state index in [1.807, 2.05) is 0 Å². The minimum absolute atomic E-state index is 0.108. The molecule has 1 unspecified atom stereocenters. The van der Waals surface area contributed by atoms with Crippen molar-refractivity contribution in [3.63, 3.8) is 0 Å². The summed E-state index contributed by atoms with van der Waals surface area (Å²) in [4.78, 5) is 11.0. The zero-order valence-corrected chi connectivity index (χ0v) is 19.3. The Morgan fingerprint density at radius 1 is 1.11 bits per heavy atom. The lowest BCUT2D eigenvalue weighted by Gasteiger charge is -2.13. The average molecular weight is 515 g/mol. The molecular formula is C21H22F4N6O3S. The van der Waals surface area contributed by atoms with Crippen molar-refractivity contribution in [2.24, 2.45) is 0 Å². The third kappa shape index (κ3) is 8.81. The van der Waals surface area contributed by atoms with E-state index in [2.05, 4.69) is 35.8 Å². The van der Waals surface area contributed by atoms with E-state index in [1.165, 1.54) is 18.3 Å². The fraction of sp³-hybridized carbons (Fsp3) is 0.381. The summed E-state index contributed by atoms with van der Waals surface area (Å²) in [6, 6.07) is 6.10. The molecule has 14 heteroatoms. The Balaban J connectivity index is 1.44. The summed E-state index contributed by atoms with van der Waals surface area (Å²) in [7, 11) is 0. The van der Waals surface area contributed by atoms with Gasteiger partial charge in [0, 0.05) is 25.5 Å². The number of halogens is 4. The van der Waals surface area contributed by atoms with Gasteiger partial charge in [-0.25, -0.2) is 4.39 Å². The lowest BCUT2D eigenvalue weighted by atomic mass is 10.1. The van der Waals surface area contributed by atoms with E-state index in [0.717, 1.165) is 36.7 Å². The quantitative estimate of drug-likeness (QED) is 0.201. The first-order valence-corrected chi connectivity index (χ1v) is 11.3. The van der Waals surface area contributed by atoms with Crippen molar-refractivity contribution in [1.82, 2.24) is 25.7 Å². The zero-order chi connectivity index (χ0) is 25.4. The van der Waals surface area contributed by atoms with Crippen molar-refractivity contribution >= 4 is 23.1 Å². The van der Waals surface area contributed by atoms with Crippen LogP contribution < -0.4 is 15.4 Å². The second-order valence-corrected chi connectivity index (χ2v) is 8.51. The second kappa shape index (κ2) is 12.0. The van der Waals surface area contributed by atoms with Crippen LogP contribution in [0.2, 0.25) is 0 Å². The van der Waals surface area contributed by atoms with Gasteiger partial charge >= 0.3 is 6.36 Å². The Morgan fingerprint density at radius 3 is 2.57 bits per heavy atom. The van der Waals surface area contributed by atoms with Gasteiger partial charge in [0.25, 0.3) is 0 Å². The molecule has 0 radical (unpaired) electrons. The van der Waals surface area contributed by atoms with Gasteiger partial charge in [0.15, 0.2) is 17.1 Å². The van der Waals surface area contributed by atoms with Gasteiger partial charge in [-0.3, -0.25) is 10.1 Å². The van der Waals surface area contributed by atoms with Crippen LogP contribution in [-0.4, -0.2) is 37.8 Å². The number of nitrogens with zero attached hydrogens (tertiary/aromatic N) is 4. The molecule has 0 aliphatic heterocycles. The number of hydrogen-bond donors (Lipinski definition) is 3. The highest BCUT2D eigenvalue weighted by Gasteiger charge is 2.31. The first kappa shape index (κ1) is 26.4. The van der Waals surface area contributed by atoms with Crippen molar-refractivity contribution < 1.29 is 32.2 Å². The molecule has 2 heterocycles. The number of rotatable bonds is 11. The molecule has 0 bridgehead atoms. The molecule has 0 aliphatic carbocycles.